The van der Waals surface area contributed by atoms with Gasteiger partial charge in [0.25, 0.3) is 0 Å². The van der Waals surface area contributed by atoms with Crippen LogP contribution < -0.4 is 4.74 Å². The summed E-state index contributed by atoms with van der Waals surface area (Å²) < 4.78 is 18.6. The minimum absolute atomic E-state index is 0.203. The van der Waals surface area contributed by atoms with Gasteiger partial charge in [-0.3, -0.25) is 0 Å². The van der Waals surface area contributed by atoms with E-state index >= 15 is 0 Å². The minimum Gasteiger partial charge on any atom is -0.437 e. The summed E-state index contributed by atoms with van der Waals surface area (Å²) in [6, 6.07) is 7.65. The molecule has 0 aliphatic rings. The molecule has 2 rings (SSSR count). The highest BCUT2D eigenvalue weighted by molar-refractivity contribution is 6.32. The van der Waals surface area contributed by atoms with Crippen molar-refractivity contribution >= 4 is 23.2 Å². The Morgan fingerprint density at radius 2 is 2.00 bits per heavy atom. The van der Waals surface area contributed by atoms with E-state index in [1.54, 1.807) is 6.07 Å². The molecule has 1 aromatic carbocycles. The maximum atomic E-state index is 13.0. The van der Waals surface area contributed by atoms with Gasteiger partial charge in [0.05, 0.1) is 5.02 Å². The molecule has 0 aliphatic heterocycles. The van der Waals surface area contributed by atoms with E-state index < -0.39 is 5.82 Å². The molecule has 2 nitrogen and oxygen atoms in total. The lowest BCUT2D eigenvalue weighted by molar-refractivity contribution is 0.457. The highest BCUT2D eigenvalue weighted by Gasteiger charge is 2.10. The third kappa shape index (κ3) is 3.62. The van der Waals surface area contributed by atoms with Crippen molar-refractivity contribution < 1.29 is 9.13 Å². The summed E-state index contributed by atoms with van der Waals surface area (Å²) in [6.07, 6.45) is 0. The molecular weight excluding hydrogens is 300 g/mol. The lowest BCUT2D eigenvalue weighted by Gasteiger charge is -2.11. The monoisotopic (exact) mass is 313 g/mol. The molecule has 106 valence electrons. The predicted molar refractivity (Wildman–Crippen MR) is 79.4 cm³/mol. The average Bonchev–Trinajstić information content (AvgIpc) is 2.41. The fraction of sp³-hybridized carbons (Fsp3) is 0.267. The molecule has 0 atom stereocenters. The van der Waals surface area contributed by atoms with Crippen molar-refractivity contribution in [2.45, 2.75) is 25.6 Å². The Labute approximate surface area is 127 Å². The Kier molecular flexibility index (Phi) is 4.84. The number of nitrogens with zero attached hydrogens (tertiary/aromatic N) is 1. The van der Waals surface area contributed by atoms with E-state index in [0.29, 0.717) is 17.5 Å². The van der Waals surface area contributed by atoms with E-state index in [-0.39, 0.29) is 10.9 Å². The fourth-order valence-corrected chi connectivity index (χ4v) is 2.04. The molecule has 1 aromatic heterocycles. The topological polar surface area (TPSA) is 22.1 Å². The molecule has 0 saturated carbocycles. The molecule has 0 radical (unpaired) electrons. The van der Waals surface area contributed by atoms with Crippen LogP contribution in [0.3, 0.4) is 0 Å². The zero-order chi connectivity index (χ0) is 14.7. The van der Waals surface area contributed by atoms with Gasteiger partial charge in [0.1, 0.15) is 11.6 Å². The summed E-state index contributed by atoms with van der Waals surface area (Å²) in [5.41, 5.74) is 1.80. The number of benzene rings is 1. The molecule has 20 heavy (non-hydrogen) atoms. The summed E-state index contributed by atoms with van der Waals surface area (Å²) in [5.74, 6) is 0.981. The van der Waals surface area contributed by atoms with E-state index in [4.69, 9.17) is 27.9 Å². The van der Waals surface area contributed by atoms with Crippen LogP contribution in [-0.4, -0.2) is 4.98 Å². The van der Waals surface area contributed by atoms with Crippen LogP contribution in [0.4, 0.5) is 4.39 Å². The van der Waals surface area contributed by atoms with Gasteiger partial charge in [-0.15, -0.1) is 11.6 Å². The van der Waals surface area contributed by atoms with Crippen LogP contribution in [0.1, 0.15) is 31.0 Å². The number of ether oxygens (including phenoxy) is 1. The molecule has 0 unspecified atom stereocenters. The second-order valence-electron chi connectivity index (χ2n) is 4.70. The first-order chi connectivity index (χ1) is 9.49. The zero-order valence-electron chi connectivity index (χ0n) is 11.2. The standard InChI is InChI=1S/C15H14Cl2FNO/c1-9(2)13-5-10(8-16)6-15(19-13)20-14-4-3-11(18)7-12(14)17/h3-7,9H,8H2,1-2H3. The maximum absolute atomic E-state index is 13.0. The second-order valence-corrected chi connectivity index (χ2v) is 5.38. The van der Waals surface area contributed by atoms with E-state index in [1.807, 2.05) is 19.9 Å². The zero-order valence-corrected chi connectivity index (χ0v) is 12.7. The molecule has 0 saturated heterocycles. The third-order valence-electron chi connectivity index (χ3n) is 2.74. The third-order valence-corrected chi connectivity index (χ3v) is 3.34. The average molecular weight is 314 g/mol. The molecular formula is C15H14Cl2FNO. The van der Waals surface area contributed by atoms with Gasteiger partial charge in [-0.1, -0.05) is 25.4 Å². The van der Waals surface area contributed by atoms with Gasteiger partial charge in [0.15, 0.2) is 0 Å². The van der Waals surface area contributed by atoms with E-state index in [1.165, 1.54) is 18.2 Å². The van der Waals surface area contributed by atoms with Crippen molar-refractivity contribution in [3.05, 3.63) is 52.4 Å². The molecule has 0 spiro atoms. The predicted octanol–water partition coefficient (Wildman–Crippen LogP) is 5.53. The molecule has 1 heterocycles. The lowest BCUT2D eigenvalue weighted by atomic mass is 10.1. The number of halogens is 3. The number of hydrogen-bond acceptors (Lipinski definition) is 2. The summed E-state index contributed by atoms with van der Waals surface area (Å²) in [4.78, 5) is 4.41. The van der Waals surface area contributed by atoms with E-state index in [9.17, 15) is 4.39 Å². The smallest absolute Gasteiger partial charge is 0.219 e. The van der Waals surface area contributed by atoms with Gasteiger partial charge >= 0.3 is 0 Å². The summed E-state index contributed by atoms with van der Waals surface area (Å²) in [5, 5.41) is 0.203. The second kappa shape index (κ2) is 6.42. The number of aromatic nitrogens is 1. The van der Waals surface area contributed by atoms with Gasteiger partial charge in [-0.05, 0) is 35.7 Å². The Morgan fingerprint density at radius 3 is 2.60 bits per heavy atom. The fourth-order valence-electron chi connectivity index (χ4n) is 1.68. The molecule has 0 amide bonds. The molecule has 0 bridgehead atoms. The Balaban J connectivity index is 2.34. The van der Waals surface area contributed by atoms with E-state index in [0.717, 1.165) is 11.3 Å². The van der Waals surface area contributed by atoms with Crippen LogP contribution in [0.15, 0.2) is 30.3 Å². The van der Waals surface area contributed by atoms with Gasteiger partial charge in [0, 0.05) is 17.6 Å². The summed E-state index contributed by atoms with van der Waals surface area (Å²) in [6.45, 7) is 4.07. The van der Waals surface area contributed by atoms with Crippen molar-refractivity contribution in [2.75, 3.05) is 0 Å². The normalized spacial score (nSPS) is 10.9. The van der Waals surface area contributed by atoms with Gasteiger partial charge < -0.3 is 4.74 Å². The SMILES string of the molecule is CC(C)c1cc(CCl)cc(Oc2ccc(F)cc2Cl)n1. The quantitative estimate of drug-likeness (QED) is 0.692. The minimum atomic E-state index is -0.410. The van der Waals surface area contributed by atoms with Crippen molar-refractivity contribution in [1.29, 1.82) is 0 Å². The Hall–Kier alpha value is -1.32. The Bertz CT molecular complexity index is 617. The van der Waals surface area contributed by atoms with Crippen molar-refractivity contribution in [2.24, 2.45) is 0 Å². The first-order valence-corrected chi connectivity index (χ1v) is 7.10. The first kappa shape index (κ1) is 15.1. The number of rotatable bonds is 4. The molecule has 5 heteroatoms. The number of alkyl halides is 1. The van der Waals surface area contributed by atoms with Crippen LogP contribution in [-0.2, 0) is 5.88 Å². The number of pyridine rings is 1. The van der Waals surface area contributed by atoms with Crippen LogP contribution in [0.25, 0.3) is 0 Å². The highest BCUT2D eigenvalue weighted by Crippen LogP contribution is 2.30. The van der Waals surface area contributed by atoms with Crippen LogP contribution in [0.5, 0.6) is 11.6 Å². The van der Waals surface area contributed by atoms with Crippen LogP contribution in [0.2, 0.25) is 5.02 Å². The van der Waals surface area contributed by atoms with Crippen LogP contribution in [0, 0.1) is 5.82 Å². The van der Waals surface area contributed by atoms with Crippen LogP contribution >= 0.6 is 23.2 Å². The van der Waals surface area contributed by atoms with Gasteiger partial charge in [0.2, 0.25) is 5.88 Å². The molecule has 0 N–H and O–H groups in total. The van der Waals surface area contributed by atoms with Crippen molar-refractivity contribution in [1.82, 2.24) is 4.98 Å². The van der Waals surface area contributed by atoms with Crippen molar-refractivity contribution in [3.8, 4) is 11.6 Å². The lowest BCUT2D eigenvalue weighted by Crippen LogP contribution is -1.98. The Morgan fingerprint density at radius 1 is 1.25 bits per heavy atom. The molecule has 0 fully saturated rings. The first-order valence-electron chi connectivity index (χ1n) is 6.19. The number of hydrogen-bond donors (Lipinski definition) is 0. The molecule has 0 aliphatic carbocycles. The molecule has 2 aromatic rings. The maximum Gasteiger partial charge on any atom is 0.219 e. The summed E-state index contributed by atoms with van der Waals surface area (Å²) in [7, 11) is 0. The van der Waals surface area contributed by atoms with Gasteiger partial charge in [-0.25, -0.2) is 9.37 Å². The highest BCUT2D eigenvalue weighted by atomic mass is 35.5. The van der Waals surface area contributed by atoms with Gasteiger partial charge in [-0.2, -0.15) is 0 Å². The largest absolute Gasteiger partial charge is 0.437 e. The van der Waals surface area contributed by atoms with Crippen molar-refractivity contribution in [3.63, 3.8) is 0 Å². The van der Waals surface area contributed by atoms with E-state index in [2.05, 4.69) is 4.98 Å². The summed E-state index contributed by atoms with van der Waals surface area (Å²) >= 11 is 11.8.